The van der Waals surface area contributed by atoms with E-state index in [1.165, 1.54) is 0 Å². The van der Waals surface area contributed by atoms with Gasteiger partial charge < -0.3 is 0 Å². The van der Waals surface area contributed by atoms with Crippen molar-refractivity contribution in [2.75, 3.05) is 7.05 Å². The molecule has 0 unspecified atom stereocenters. The number of hydrazone groups is 1. The molecular weight excluding hydrogens is 198 g/mol. The van der Waals surface area contributed by atoms with Crippen LogP contribution in [0.5, 0.6) is 0 Å². The largest absolute Gasteiger partial charge is 0.294 e. The molecule has 0 radical (unpaired) electrons. The van der Waals surface area contributed by atoms with Crippen molar-refractivity contribution in [3.8, 4) is 6.07 Å². The fourth-order valence-electron chi connectivity index (χ4n) is 1.86. The maximum absolute atomic E-state index is 9.06. The lowest BCUT2D eigenvalue weighted by molar-refractivity contribution is 0.194. The highest BCUT2D eigenvalue weighted by Crippen LogP contribution is 2.28. The van der Waals surface area contributed by atoms with Crippen LogP contribution < -0.4 is 0 Å². The summed E-state index contributed by atoms with van der Waals surface area (Å²) in [7, 11) is 1.97. The highest BCUT2D eigenvalue weighted by molar-refractivity contribution is 6.03. The molecule has 1 aromatic rings. The van der Waals surface area contributed by atoms with E-state index in [2.05, 4.69) is 25.0 Å². The van der Waals surface area contributed by atoms with Crippen molar-refractivity contribution in [1.82, 2.24) is 5.01 Å². The van der Waals surface area contributed by atoms with Crippen LogP contribution in [0.25, 0.3) is 0 Å². The minimum Gasteiger partial charge on any atom is -0.294 e. The second-order valence-electron chi connectivity index (χ2n) is 4.72. The van der Waals surface area contributed by atoms with E-state index in [0.717, 1.165) is 17.7 Å². The zero-order valence-corrected chi connectivity index (χ0v) is 9.86. The van der Waals surface area contributed by atoms with Gasteiger partial charge in [-0.1, -0.05) is 18.2 Å². The molecule has 0 atom stereocenters. The highest BCUT2D eigenvalue weighted by atomic mass is 15.5. The predicted octanol–water partition coefficient (Wildman–Crippen LogP) is 2.38. The van der Waals surface area contributed by atoms with Crippen LogP contribution in [0.15, 0.2) is 29.4 Å². The number of nitriles is 1. The third-order valence-corrected chi connectivity index (χ3v) is 3.11. The highest BCUT2D eigenvalue weighted by Gasteiger charge is 2.32. The maximum atomic E-state index is 9.06. The van der Waals surface area contributed by atoms with Gasteiger partial charge in [0.25, 0.3) is 0 Å². The summed E-state index contributed by atoms with van der Waals surface area (Å²) in [5.41, 5.74) is 2.71. The molecule has 2 rings (SSSR count). The molecule has 82 valence electrons. The summed E-state index contributed by atoms with van der Waals surface area (Å²) in [6.07, 6.45) is 0.877. The Bertz CT molecular complexity index is 480. The third-order valence-electron chi connectivity index (χ3n) is 3.11. The number of nitrogens with zero attached hydrogens (tertiary/aromatic N) is 3. The van der Waals surface area contributed by atoms with Gasteiger partial charge in [-0.15, -0.1) is 0 Å². The van der Waals surface area contributed by atoms with Crippen LogP contribution in [0.2, 0.25) is 0 Å². The van der Waals surface area contributed by atoms with Crippen molar-refractivity contribution >= 4 is 5.71 Å². The molecule has 0 saturated heterocycles. The van der Waals surface area contributed by atoms with Crippen LogP contribution >= 0.6 is 0 Å². The Kier molecular flexibility index (Phi) is 2.43. The van der Waals surface area contributed by atoms with Crippen molar-refractivity contribution in [1.29, 1.82) is 5.26 Å². The van der Waals surface area contributed by atoms with Crippen LogP contribution in [0.4, 0.5) is 0 Å². The lowest BCUT2D eigenvalue weighted by atomic mass is 9.93. The predicted molar refractivity (Wildman–Crippen MR) is 64.2 cm³/mol. The maximum Gasteiger partial charge on any atom is 0.0998 e. The van der Waals surface area contributed by atoms with Gasteiger partial charge in [0.05, 0.1) is 22.9 Å². The van der Waals surface area contributed by atoms with Gasteiger partial charge in [-0.3, -0.25) is 5.01 Å². The molecule has 16 heavy (non-hydrogen) atoms. The summed E-state index contributed by atoms with van der Waals surface area (Å²) in [6.45, 7) is 4.30. The molecule has 0 aliphatic carbocycles. The minimum atomic E-state index is 0.0396. The van der Waals surface area contributed by atoms with Crippen molar-refractivity contribution in [3.63, 3.8) is 0 Å². The van der Waals surface area contributed by atoms with Crippen LogP contribution in [-0.2, 0) is 0 Å². The summed E-state index contributed by atoms with van der Waals surface area (Å²) in [5.74, 6) is 0. The van der Waals surface area contributed by atoms with Crippen molar-refractivity contribution < 1.29 is 0 Å². The van der Waals surface area contributed by atoms with E-state index in [4.69, 9.17) is 5.26 Å². The van der Waals surface area contributed by atoms with E-state index in [-0.39, 0.29) is 5.54 Å². The van der Waals surface area contributed by atoms with E-state index < -0.39 is 0 Å². The summed E-state index contributed by atoms with van der Waals surface area (Å²) >= 11 is 0. The molecule has 0 bridgehead atoms. The Balaban J connectivity index is 2.42. The van der Waals surface area contributed by atoms with Gasteiger partial charge in [0.2, 0.25) is 0 Å². The van der Waals surface area contributed by atoms with E-state index in [9.17, 15) is 0 Å². The summed E-state index contributed by atoms with van der Waals surface area (Å²) in [5, 5.41) is 15.5. The molecule has 1 aliphatic rings. The summed E-state index contributed by atoms with van der Waals surface area (Å²) in [6, 6.07) is 9.85. The number of benzene rings is 1. The first-order valence-electron chi connectivity index (χ1n) is 5.35. The van der Waals surface area contributed by atoms with E-state index in [1.807, 2.05) is 36.3 Å². The van der Waals surface area contributed by atoms with Crippen molar-refractivity contribution in [3.05, 3.63) is 35.4 Å². The lowest BCUT2D eigenvalue weighted by Gasteiger charge is -2.26. The molecule has 1 aliphatic heterocycles. The van der Waals surface area contributed by atoms with Crippen LogP contribution in [-0.4, -0.2) is 23.3 Å². The van der Waals surface area contributed by atoms with Crippen molar-refractivity contribution in [2.24, 2.45) is 5.10 Å². The van der Waals surface area contributed by atoms with Gasteiger partial charge in [-0.05, 0) is 19.9 Å². The summed E-state index contributed by atoms with van der Waals surface area (Å²) in [4.78, 5) is 0. The van der Waals surface area contributed by atoms with Gasteiger partial charge in [0.15, 0.2) is 0 Å². The first kappa shape index (κ1) is 10.7. The second kappa shape index (κ2) is 3.64. The zero-order chi connectivity index (χ0) is 11.8. The van der Waals surface area contributed by atoms with Gasteiger partial charge >= 0.3 is 0 Å². The molecule has 1 heterocycles. The molecule has 0 fully saturated rings. The topological polar surface area (TPSA) is 39.4 Å². The number of hydrogen-bond donors (Lipinski definition) is 0. The summed E-state index contributed by atoms with van der Waals surface area (Å²) < 4.78 is 0. The number of hydrogen-bond acceptors (Lipinski definition) is 3. The van der Waals surface area contributed by atoms with E-state index >= 15 is 0 Å². The first-order chi connectivity index (χ1) is 7.54. The van der Waals surface area contributed by atoms with Crippen LogP contribution in [0, 0.1) is 11.3 Å². The monoisotopic (exact) mass is 213 g/mol. The first-order valence-corrected chi connectivity index (χ1v) is 5.35. The SMILES string of the molecule is CN1N=C(c2ccccc2C#N)CC1(C)C. The third kappa shape index (κ3) is 1.67. The standard InChI is InChI=1S/C13H15N3/c1-13(2)8-12(15-16(13)3)11-7-5-4-6-10(11)9-14/h4-7H,8H2,1-3H3. The molecule has 1 aromatic carbocycles. The Morgan fingerprint density at radius 2 is 2.06 bits per heavy atom. The smallest absolute Gasteiger partial charge is 0.0998 e. The minimum absolute atomic E-state index is 0.0396. The van der Waals surface area contributed by atoms with Crippen molar-refractivity contribution in [2.45, 2.75) is 25.8 Å². The molecular formula is C13H15N3. The molecule has 0 amide bonds. The van der Waals surface area contributed by atoms with Gasteiger partial charge in [0.1, 0.15) is 0 Å². The Morgan fingerprint density at radius 3 is 2.62 bits per heavy atom. The average Bonchev–Trinajstić information content (AvgIpc) is 2.53. The van der Waals surface area contributed by atoms with Gasteiger partial charge in [-0.25, -0.2) is 0 Å². The Hall–Kier alpha value is -1.82. The molecule has 0 saturated carbocycles. The van der Waals surface area contributed by atoms with Gasteiger partial charge in [-0.2, -0.15) is 10.4 Å². The fraction of sp³-hybridized carbons (Fsp3) is 0.385. The Morgan fingerprint density at radius 1 is 1.38 bits per heavy atom. The molecule has 0 spiro atoms. The fourth-order valence-corrected chi connectivity index (χ4v) is 1.86. The number of rotatable bonds is 1. The molecule has 3 nitrogen and oxygen atoms in total. The molecule has 0 N–H and O–H groups in total. The average molecular weight is 213 g/mol. The molecule has 0 aromatic heterocycles. The quantitative estimate of drug-likeness (QED) is 0.718. The van der Waals surface area contributed by atoms with E-state index in [0.29, 0.717) is 5.56 Å². The van der Waals surface area contributed by atoms with Gasteiger partial charge in [0, 0.05) is 19.0 Å². The normalized spacial score (nSPS) is 18.1. The lowest BCUT2D eigenvalue weighted by Crippen LogP contribution is -2.33. The van der Waals surface area contributed by atoms with Crippen LogP contribution in [0.1, 0.15) is 31.4 Å². The zero-order valence-electron chi connectivity index (χ0n) is 9.86. The molecule has 3 heteroatoms. The second-order valence-corrected chi connectivity index (χ2v) is 4.72. The Labute approximate surface area is 96.0 Å². The van der Waals surface area contributed by atoms with Crippen LogP contribution in [0.3, 0.4) is 0 Å². The van der Waals surface area contributed by atoms with E-state index in [1.54, 1.807) is 0 Å².